The van der Waals surface area contributed by atoms with Gasteiger partial charge in [0.15, 0.2) is 0 Å². The molecule has 0 radical (unpaired) electrons. The van der Waals surface area contributed by atoms with E-state index >= 15 is 0 Å². The fourth-order valence-electron chi connectivity index (χ4n) is 1.46. The summed E-state index contributed by atoms with van der Waals surface area (Å²) in [5.41, 5.74) is 0.952. The van der Waals surface area contributed by atoms with Gasteiger partial charge in [-0.3, -0.25) is 9.59 Å². The number of rotatable bonds is 7. The first-order chi connectivity index (χ1) is 9.13. The van der Waals surface area contributed by atoms with Crippen molar-refractivity contribution in [2.24, 2.45) is 0 Å². The monoisotopic (exact) mass is 264 g/mol. The van der Waals surface area contributed by atoms with Gasteiger partial charge in [0, 0.05) is 20.0 Å². The molecule has 1 aromatic rings. The quantitative estimate of drug-likeness (QED) is 0.716. The van der Waals surface area contributed by atoms with E-state index < -0.39 is 6.04 Å². The van der Waals surface area contributed by atoms with Crippen LogP contribution < -0.4 is 10.6 Å². The van der Waals surface area contributed by atoms with Crippen LogP contribution in [0.1, 0.15) is 18.9 Å². The van der Waals surface area contributed by atoms with Gasteiger partial charge in [-0.1, -0.05) is 30.3 Å². The summed E-state index contributed by atoms with van der Waals surface area (Å²) in [6, 6.07) is 9.08. The van der Waals surface area contributed by atoms with Crippen molar-refractivity contribution >= 4 is 11.9 Å². The van der Waals surface area contributed by atoms with Gasteiger partial charge in [0.25, 0.3) is 0 Å². The Kier molecular flexibility index (Phi) is 6.60. The number of esters is 1. The molecule has 19 heavy (non-hydrogen) atoms. The Balaban J connectivity index is 2.23. The summed E-state index contributed by atoms with van der Waals surface area (Å²) in [5.74, 6) is -0.377. The lowest BCUT2D eigenvalue weighted by molar-refractivity contribution is -0.147. The van der Waals surface area contributed by atoms with E-state index in [4.69, 9.17) is 4.74 Å². The SMILES string of the molecule is CNC(=O)CCN[C@@H](C)C(=O)OCc1ccccc1. The topological polar surface area (TPSA) is 67.4 Å². The molecule has 1 rings (SSSR count). The number of ether oxygens (including phenoxy) is 1. The van der Waals surface area contributed by atoms with Gasteiger partial charge in [0.2, 0.25) is 5.91 Å². The van der Waals surface area contributed by atoms with Gasteiger partial charge in [-0.2, -0.15) is 0 Å². The molecule has 2 N–H and O–H groups in total. The lowest BCUT2D eigenvalue weighted by atomic mass is 10.2. The molecular weight excluding hydrogens is 244 g/mol. The Bertz CT molecular complexity index is 406. The molecule has 0 aromatic heterocycles. The van der Waals surface area contributed by atoms with Crippen molar-refractivity contribution in [1.82, 2.24) is 10.6 Å². The molecule has 1 aromatic carbocycles. The molecule has 1 amide bonds. The minimum absolute atomic E-state index is 0.0580. The van der Waals surface area contributed by atoms with Crippen molar-refractivity contribution in [3.63, 3.8) is 0 Å². The van der Waals surface area contributed by atoms with Crippen LogP contribution in [0.5, 0.6) is 0 Å². The second-order valence-electron chi connectivity index (χ2n) is 4.19. The van der Waals surface area contributed by atoms with Crippen LogP contribution in [0.4, 0.5) is 0 Å². The number of carbonyl (C=O) groups excluding carboxylic acids is 2. The predicted octanol–water partition coefficient (Wildman–Crippen LogP) is 0.844. The smallest absolute Gasteiger partial charge is 0.323 e. The lowest BCUT2D eigenvalue weighted by Gasteiger charge is -2.13. The van der Waals surface area contributed by atoms with Crippen molar-refractivity contribution in [3.05, 3.63) is 35.9 Å². The van der Waals surface area contributed by atoms with Crippen molar-refractivity contribution in [3.8, 4) is 0 Å². The van der Waals surface area contributed by atoms with Gasteiger partial charge in [-0.05, 0) is 12.5 Å². The van der Waals surface area contributed by atoms with Crippen molar-refractivity contribution in [2.75, 3.05) is 13.6 Å². The second kappa shape index (κ2) is 8.26. The van der Waals surface area contributed by atoms with Crippen molar-refractivity contribution in [2.45, 2.75) is 26.0 Å². The minimum atomic E-state index is -0.423. The van der Waals surface area contributed by atoms with Crippen LogP contribution in [-0.2, 0) is 20.9 Å². The molecular formula is C14H20N2O3. The summed E-state index contributed by atoms with van der Waals surface area (Å²) >= 11 is 0. The molecule has 0 aliphatic heterocycles. The van der Waals surface area contributed by atoms with E-state index in [2.05, 4.69) is 10.6 Å². The third kappa shape index (κ3) is 6.01. The molecule has 0 unspecified atom stereocenters. The van der Waals surface area contributed by atoms with Crippen LogP contribution in [-0.4, -0.2) is 31.5 Å². The molecule has 0 fully saturated rings. The highest BCUT2D eigenvalue weighted by Crippen LogP contribution is 2.01. The second-order valence-corrected chi connectivity index (χ2v) is 4.19. The summed E-state index contributed by atoms with van der Waals surface area (Å²) < 4.78 is 5.17. The third-order valence-corrected chi connectivity index (χ3v) is 2.66. The van der Waals surface area contributed by atoms with Crippen molar-refractivity contribution in [1.29, 1.82) is 0 Å². The van der Waals surface area contributed by atoms with Gasteiger partial charge in [-0.25, -0.2) is 0 Å². The van der Waals surface area contributed by atoms with Gasteiger partial charge >= 0.3 is 5.97 Å². The summed E-state index contributed by atoms with van der Waals surface area (Å²) in [5, 5.41) is 5.47. The Labute approximate surface area is 113 Å². The average Bonchev–Trinajstić information content (AvgIpc) is 2.45. The standard InChI is InChI=1S/C14H20N2O3/c1-11(16-9-8-13(17)15-2)14(18)19-10-12-6-4-3-5-7-12/h3-7,11,16H,8-10H2,1-2H3,(H,15,17)/t11-/m0/s1. The van der Waals surface area contributed by atoms with Crippen LogP contribution in [0.3, 0.4) is 0 Å². The summed E-state index contributed by atoms with van der Waals surface area (Å²) in [6.07, 6.45) is 0.340. The van der Waals surface area contributed by atoms with E-state index in [1.807, 2.05) is 30.3 Å². The van der Waals surface area contributed by atoms with Gasteiger partial charge in [0.05, 0.1) is 0 Å². The Morgan fingerprint density at radius 3 is 2.58 bits per heavy atom. The van der Waals surface area contributed by atoms with Crippen LogP contribution >= 0.6 is 0 Å². The van der Waals surface area contributed by atoms with Gasteiger partial charge < -0.3 is 15.4 Å². The number of benzene rings is 1. The first kappa shape index (κ1) is 15.2. The normalized spacial score (nSPS) is 11.7. The molecule has 0 aliphatic rings. The highest BCUT2D eigenvalue weighted by Gasteiger charge is 2.13. The van der Waals surface area contributed by atoms with Crippen LogP contribution in [0, 0.1) is 0 Å². The van der Waals surface area contributed by atoms with E-state index in [0.29, 0.717) is 13.0 Å². The number of amides is 1. The van der Waals surface area contributed by atoms with Crippen LogP contribution in [0.2, 0.25) is 0 Å². The molecule has 0 aliphatic carbocycles. The number of hydrogen-bond acceptors (Lipinski definition) is 4. The van der Waals surface area contributed by atoms with E-state index in [-0.39, 0.29) is 18.5 Å². The maximum Gasteiger partial charge on any atom is 0.323 e. The van der Waals surface area contributed by atoms with Gasteiger partial charge in [0.1, 0.15) is 12.6 Å². The minimum Gasteiger partial charge on any atom is -0.460 e. The maximum absolute atomic E-state index is 11.7. The summed E-state index contributed by atoms with van der Waals surface area (Å²) in [6.45, 7) is 2.43. The van der Waals surface area contributed by atoms with E-state index in [1.54, 1.807) is 14.0 Å². The molecule has 0 heterocycles. The zero-order valence-corrected chi connectivity index (χ0v) is 11.3. The van der Waals surface area contributed by atoms with Crippen LogP contribution in [0.25, 0.3) is 0 Å². The van der Waals surface area contributed by atoms with E-state index in [9.17, 15) is 9.59 Å². The Hall–Kier alpha value is -1.88. The number of hydrogen-bond donors (Lipinski definition) is 2. The zero-order valence-electron chi connectivity index (χ0n) is 11.3. The summed E-state index contributed by atoms with van der Waals surface area (Å²) in [7, 11) is 1.58. The third-order valence-electron chi connectivity index (χ3n) is 2.66. The highest BCUT2D eigenvalue weighted by molar-refractivity contribution is 5.76. The summed E-state index contributed by atoms with van der Waals surface area (Å²) in [4.78, 5) is 22.7. The predicted molar refractivity (Wildman–Crippen MR) is 72.4 cm³/mol. The van der Waals surface area contributed by atoms with Crippen molar-refractivity contribution < 1.29 is 14.3 Å². The molecule has 0 saturated carbocycles. The molecule has 0 saturated heterocycles. The number of carbonyl (C=O) groups is 2. The lowest BCUT2D eigenvalue weighted by Crippen LogP contribution is -2.37. The molecule has 5 heteroatoms. The fraction of sp³-hybridized carbons (Fsp3) is 0.429. The Morgan fingerprint density at radius 1 is 1.26 bits per heavy atom. The molecule has 1 atom stereocenters. The maximum atomic E-state index is 11.7. The fourth-order valence-corrected chi connectivity index (χ4v) is 1.46. The van der Waals surface area contributed by atoms with E-state index in [1.165, 1.54) is 0 Å². The Morgan fingerprint density at radius 2 is 1.95 bits per heavy atom. The molecule has 0 spiro atoms. The first-order valence-corrected chi connectivity index (χ1v) is 6.28. The highest BCUT2D eigenvalue weighted by atomic mass is 16.5. The first-order valence-electron chi connectivity index (χ1n) is 6.28. The molecule has 0 bridgehead atoms. The number of nitrogens with one attached hydrogen (secondary N) is 2. The van der Waals surface area contributed by atoms with Crippen LogP contribution in [0.15, 0.2) is 30.3 Å². The molecule has 104 valence electrons. The zero-order chi connectivity index (χ0) is 14.1. The van der Waals surface area contributed by atoms with Gasteiger partial charge in [-0.15, -0.1) is 0 Å². The molecule has 5 nitrogen and oxygen atoms in total. The van der Waals surface area contributed by atoms with E-state index in [0.717, 1.165) is 5.56 Å². The average molecular weight is 264 g/mol. The largest absolute Gasteiger partial charge is 0.460 e.